The largest absolute Gasteiger partial charge is 0.465 e. The number of benzene rings is 6. The van der Waals surface area contributed by atoms with Crippen LogP contribution < -0.4 is 10.2 Å². The lowest BCUT2D eigenvalue weighted by molar-refractivity contribution is -0.145. The number of oxazole rings is 2. The fraction of sp³-hybridized carbons (Fsp3) is 0.389. The van der Waals surface area contributed by atoms with Crippen LogP contribution >= 0.6 is 28.3 Å². The lowest BCUT2D eigenvalue weighted by Crippen LogP contribution is -2.30. The molecule has 14 heteroatoms. The van der Waals surface area contributed by atoms with E-state index in [0.29, 0.717) is 57.1 Å². The number of carbonyl (C=O) groups excluding carboxylic acids is 2. The molecule has 0 aliphatic heterocycles. The summed E-state index contributed by atoms with van der Waals surface area (Å²) < 4.78 is 22.8. The number of hydrogen-bond acceptors (Lipinski definition) is 12. The molecular formula is C72H92BrClN6O6. The third-order valence-corrected chi connectivity index (χ3v) is 15.2. The van der Waals surface area contributed by atoms with E-state index in [-0.39, 0.29) is 37.4 Å². The highest BCUT2D eigenvalue weighted by Crippen LogP contribution is 2.30. The number of ether oxygens (including phenoxy) is 2. The van der Waals surface area contributed by atoms with Crippen LogP contribution in [0.15, 0.2) is 184 Å². The Bertz CT molecular complexity index is 3090. The summed E-state index contributed by atoms with van der Waals surface area (Å²) in [5.41, 5.74) is 12.5. The van der Waals surface area contributed by atoms with Crippen LogP contribution in [0.3, 0.4) is 0 Å². The summed E-state index contributed by atoms with van der Waals surface area (Å²) in [4.78, 5) is 39.7. The van der Waals surface area contributed by atoms with Crippen LogP contribution in [-0.4, -0.2) is 72.1 Å². The molecular weight excluding hydrogens is 1160 g/mol. The zero-order chi connectivity index (χ0) is 60.6. The van der Waals surface area contributed by atoms with Crippen LogP contribution in [0, 0.1) is 0 Å². The molecule has 8 aromatic rings. The van der Waals surface area contributed by atoms with Gasteiger partial charge in [0.15, 0.2) is 0 Å². The number of esters is 2. The number of nitrogens with zero attached hydrogens (tertiary/aromatic N) is 5. The third-order valence-electron chi connectivity index (χ3n) is 14.6. The van der Waals surface area contributed by atoms with Crippen LogP contribution in [-0.2, 0) is 58.3 Å². The first kappa shape index (κ1) is 69.9. The minimum atomic E-state index is -0.256. The van der Waals surface area contributed by atoms with Gasteiger partial charge in [-0.1, -0.05) is 203 Å². The lowest BCUT2D eigenvalue weighted by Gasteiger charge is -2.21. The zero-order valence-corrected chi connectivity index (χ0v) is 54.4. The SMILES string of the molecule is CCCC(CCC)c1ccc(CN(C)c2ccc(-c3coc(CN(CC(=O)OCC)Cc4ccccc4)n3)cc2)cc1.CCCC(CCC)c1ccc(CNC)cc1.CCOC(=O)CN(Cc1ccccc1)Cc1nc(-c2ccc(Br)cc2)co1.Cl. The standard InChI is InChI=1S/C36H45N3O3.C21H21BrN2O3.C15H25N.ClH/c1-5-11-30(12-6-2)31-17-15-29(16-18-31)23-38(4)33-21-19-32(20-22-33)34-27-42-35(37-34)25-39(26-36(40)41-7-3)24-28-13-9-8-10-14-28;1-2-26-21(25)14-24(12-16-6-4-3-5-7-16)13-20-23-19(15-27-20)17-8-10-18(22)11-9-17;1-4-6-14(7-5-2)15-10-8-13(9-11-15)12-16-3;/h8-10,13-22,27,30H,5-7,11-12,23-26H2,1-4H3;3-11,15H,2,12-14H2,1H3;8-11,14,16H,4-7,12H2,1-3H3;1H. The molecule has 0 amide bonds. The van der Waals surface area contributed by atoms with Gasteiger partial charge < -0.3 is 28.5 Å². The van der Waals surface area contributed by atoms with Gasteiger partial charge in [0, 0.05) is 54.5 Å². The Kier molecular flexibility index (Phi) is 31.7. The van der Waals surface area contributed by atoms with Crippen molar-refractivity contribution in [3.63, 3.8) is 0 Å². The van der Waals surface area contributed by atoms with Gasteiger partial charge in [-0.2, -0.15) is 0 Å². The van der Waals surface area contributed by atoms with E-state index in [2.05, 4.69) is 139 Å². The fourth-order valence-electron chi connectivity index (χ4n) is 10.4. The lowest BCUT2D eigenvalue weighted by atomic mass is 9.90. The summed E-state index contributed by atoms with van der Waals surface area (Å²) in [6.07, 6.45) is 13.5. The monoisotopic (exact) mass is 1250 g/mol. The highest BCUT2D eigenvalue weighted by atomic mass is 79.9. The van der Waals surface area contributed by atoms with Crippen molar-refractivity contribution in [2.24, 2.45) is 0 Å². The van der Waals surface area contributed by atoms with Crippen molar-refractivity contribution in [2.45, 2.75) is 144 Å². The Morgan fingerprint density at radius 1 is 0.500 bits per heavy atom. The molecule has 0 saturated carbocycles. The molecule has 8 rings (SSSR count). The third kappa shape index (κ3) is 24.1. The molecule has 0 atom stereocenters. The molecule has 12 nitrogen and oxygen atoms in total. The van der Waals surface area contributed by atoms with Gasteiger partial charge in [-0.05, 0) is 116 Å². The van der Waals surface area contributed by atoms with Crippen molar-refractivity contribution in [3.05, 3.63) is 220 Å². The molecule has 6 aromatic carbocycles. The Morgan fingerprint density at radius 3 is 1.27 bits per heavy atom. The summed E-state index contributed by atoms with van der Waals surface area (Å²) in [5, 5.41) is 3.18. The topological polar surface area (TPSA) is 126 Å². The van der Waals surface area contributed by atoms with E-state index < -0.39 is 0 Å². The van der Waals surface area contributed by atoms with Gasteiger partial charge >= 0.3 is 11.9 Å². The van der Waals surface area contributed by atoms with Gasteiger partial charge in [0.1, 0.15) is 23.9 Å². The first-order valence-electron chi connectivity index (χ1n) is 30.6. The molecule has 0 spiro atoms. The summed E-state index contributed by atoms with van der Waals surface area (Å²) >= 11 is 3.43. The van der Waals surface area contributed by atoms with Crippen LogP contribution in [0.4, 0.5) is 5.69 Å². The number of rotatable bonds is 31. The number of carbonyl (C=O) groups is 2. The average Bonchev–Trinajstić information content (AvgIpc) is 3.58. The van der Waals surface area contributed by atoms with Crippen LogP contribution in [0.1, 0.15) is 150 Å². The molecule has 0 fully saturated rings. The second-order valence-electron chi connectivity index (χ2n) is 21.6. The number of anilines is 1. The van der Waals surface area contributed by atoms with E-state index >= 15 is 0 Å². The summed E-state index contributed by atoms with van der Waals surface area (Å²) in [6.45, 7) is 17.6. The van der Waals surface area contributed by atoms with Crippen molar-refractivity contribution >= 4 is 46.0 Å². The van der Waals surface area contributed by atoms with Crippen molar-refractivity contribution in [1.82, 2.24) is 25.1 Å². The predicted molar refractivity (Wildman–Crippen MR) is 356 cm³/mol. The van der Waals surface area contributed by atoms with Gasteiger partial charge in [0.25, 0.3) is 0 Å². The molecule has 0 radical (unpaired) electrons. The summed E-state index contributed by atoms with van der Waals surface area (Å²) in [5.74, 6) is 2.05. The highest BCUT2D eigenvalue weighted by molar-refractivity contribution is 9.10. The Balaban J connectivity index is 0.000000261. The van der Waals surface area contributed by atoms with E-state index in [0.717, 1.165) is 62.8 Å². The maximum Gasteiger partial charge on any atom is 0.320 e. The molecule has 0 saturated heterocycles. The molecule has 1 N–H and O–H groups in total. The highest BCUT2D eigenvalue weighted by Gasteiger charge is 2.19. The van der Waals surface area contributed by atoms with E-state index in [1.54, 1.807) is 19.5 Å². The van der Waals surface area contributed by atoms with E-state index in [1.807, 2.05) is 109 Å². The normalized spacial score (nSPS) is 11.0. The van der Waals surface area contributed by atoms with Crippen molar-refractivity contribution in [1.29, 1.82) is 0 Å². The molecule has 0 aliphatic rings. The second kappa shape index (κ2) is 39.0. The summed E-state index contributed by atoms with van der Waals surface area (Å²) in [7, 11) is 4.11. The number of hydrogen-bond donors (Lipinski definition) is 1. The minimum Gasteiger partial charge on any atom is -0.465 e. The molecule has 460 valence electrons. The Hall–Kier alpha value is -6.87. The van der Waals surface area contributed by atoms with Crippen LogP contribution in [0.5, 0.6) is 0 Å². The molecule has 2 aromatic heterocycles. The van der Waals surface area contributed by atoms with Gasteiger partial charge in [-0.3, -0.25) is 19.4 Å². The number of halogens is 2. The van der Waals surface area contributed by atoms with Crippen molar-refractivity contribution < 1.29 is 27.9 Å². The zero-order valence-electron chi connectivity index (χ0n) is 52.0. The maximum absolute atomic E-state index is 12.2. The van der Waals surface area contributed by atoms with Gasteiger partial charge in [0.2, 0.25) is 11.8 Å². The van der Waals surface area contributed by atoms with E-state index in [9.17, 15) is 9.59 Å². The smallest absolute Gasteiger partial charge is 0.320 e. The Morgan fingerprint density at radius 2 is 0.884 bits per heavy atom. The quantitative estimate of drug-likeness (QED) is 0.0416. The molecule has 2 heterocycles. The van der Waals surface area contributed by atoms with Gasteiger partial charge in [-0.15, -0.1) is 12.4 Å². The Labute approximate surface area is 527 Å². The van der Waals surface area contributed by atoms with Crippen molar-refractivity contribution in [2.75, 3.05) is 45.3 Å². The van der Waals surface area contributed by atoms with E-state index in [1.165, 1.54) is 73.6 Å². The molecule has 0 unspecified atom stereocenters. The maximum atomic E-state index is 12.2. The van der Waals surface area contributed by atoms with Crippen LogP contribution in [0.2, 0.25) is 0 Å². The first-order chi connectivity index (χ1) is 41.4. The number of nitrogens with one attached hydrogen (secondary N) is 1. The minimum absolute atomic E-state index is 0. The van der Waals surface area contributed by atoms with Gasteiger partial charge in [-0.25, -0.2) is 9.97 Å². The van der Waals surface area contributed by atoms with Gasteiger partial charge in [0.05, 0.1) is 39.4 Å². The van der Waals surface area contributed by atoms with Crippen molar-refractivity contribution in [3.8, 4) is 22.5 Å². The van der Waals surface area contributed by atoms with E-state index in [4.69, 9.17) is 23.3 Å². The predicted octanol–water partition coefficient (Wildman–Crippen LogP) is 17.4. The molecule has 86 heavy (non-hydrogen) atoms. The average molecular weight is 1250 g/mol. The number of aromatic nitrogens is 2. The summed E-state index contributed by atoms with van der Waals surface area (Å²) in [6, 6.07) is 54.7. The second-order valence-corrected chi connectivity index (χ2v) is 22.5. The van der Waals surface area contributed by atoms with Crippen LogP contribution in [0.25, 0.3) is 22.5 Å². The molecule has 0 aliphatic carbocycles. The fourth-order valence-corrected chi connectivity index (χ4v) is 10.7. The molecule has 0 bridgehead atoms. The first-order valence-corrected chi connectivity index (χ1v) is 31.4.